The number of amidine groups is 1. The van der Waals surface area contributed by atoms with Gasteiger partial charge in [0.1, 0.15) is 16.6 Å². The molecule has 0 aliphatic carbocycles. The SMILES string of the molecule is Cc1ccc(C(=O)[C@@H]2C(=S)N(c3ccccc3)C(=N)/C(=C(/O)c3ccccc3)[C@H]2c2ccc(Cl)cc2)cc1. The van der Waals surface area contributed by atoms with E-state index < -0.39 is 11.8 Å². The summed E-state index contributed by atoms with van der Waals surface area (Å²) in [6, 6.07) is 32.9. The number of anilines is 1. The molecule has 0 radical (unpaired) electrons. The maximum Gasteiger partial charge on any atom is 0.173 e. The summed E-state index contributed by atoms with van der Waals surface area (Å²) < 4.78 is 0. The van der Waals surface area contributed by atoms with Crippen molar-refractivity contribution in [3.8, 4) is 0 Å². The van der Waals surface area contributed by atoms with Crippen LogP contribution in [0.5, 0.6) is 0 Å². The third-order valence-electron chi connectivity index (χ3n) is 6.77. The van der Waals surface area contributed by atoms with Gasteiger partial charge in [-0.05, 0) is 36.8 Å². The van der Waals surface area contributed by atoms with Gasteiger partial charge >= 0.3 is 0 Å². The van der Waals surface area contributed by atoms with Crippen molar-refractivity contribution < 1.29 is 9.90 Å². The largest absolute Gasteiger partial charge is 0.507 e. The molecular formula is C32H25ClN2O2S. The van der Waals surface area contributed by atoms with Crippen LogP contribution in [0.3, 0.4) is 0 Å². The molecular weight excluding hydrogens is 512 g/mol. The summed E-state index contributed by atoms with van der Waals surface area (Å²) in [6.07, 6.45) is 0. The molecule has 2 N–H and O–H groups in total. The van der Waals surface area contributed by atoms with Crippen LogP contribution in [0.25, 0.3) is 5.76 Å². The number of nitrogens with one attached hydrogen (secondary N) is 1. The smallest absolute Gasteiger partial charge is 0.173 e. The summed E-state index contributed by atoms with van der Waals surface area (Å²) in [6.45, 7) is 1.97. The fourth-order valence-electron chi connectivity index (χ4n) is 4.86. The Hall–Kier alpha value is -4.06. The van der Waals surface area contributed by atoms with E-state index in [9.17, 15) is 15.3 Å². The average molecular weight is 537 g/mol. The first kappa shape index (κ1) is 25.6. The molecule has 0 saturated carbocycles. The van der Waals surface area contributed by atoms with Crippen LogP contribution in [-0.2, 0) is 0 Å². The van der Waals surface area contributed by atoms with Gasteiger partial charge in [0.2, 0.25) is 0 Å². The minimum Gasteiger partial charge on any atom is -0.507 e. The summed E-state index contributed by atoms with van der Waals surface area (Å²) in [5.41, 5.74) is 3.81. The number of nitrogens with zero attached hydrogens (tertiary/aromatic N) is 1. The molecule has 2 atom stereocenters. The number of Topliss-reactive ketones (excluding diaryl/α,β-unsaturated/α-hetero) is 1. The van der Waals surface area contributed by atoms with Gasteiger partial charge in [0.15, 0.2) is 5.78 Å². The first-order chi connectivity index (χ1) is 18.4. The second-order valence-corrected chi connectivity index (χ2v) is 10.1. The van der Waals surface area contributed by atoms with Crippen molar-refractivity contribution in [3.05, 3.63) is 142 Å². The zero-order valence-corrected chi connectivity index (χ0v) is 22.2. The molecule has 1 fully saturated rings. The van der Waals surface area contributed by atoms with E-state index in [2.05, 4.69) is 0 Å². The van der Waals surface area contributed by atoms with Gasteiger partial charge < -0.3 is 5.11 Å². The molecule has 0 aromatic heterocycles. The van der Waals surface area contributed by atoms with Crippen molar-refractivity contribution in [1.82, 2.24) is 0 Å². The van der Waals surface area contributed by atoms with Crippen molar-refractivity contribution >= 4 is 51.9 Å². The second-order valence-electron chi connectivity index (χ2n) is 9.22. The number of thiocarbonyl (C=S) groups is 1. The number of carbonyl (C=O) groups is 1. The van der Waals surface area contributed by atoms with E-state index in [0.717, 1.165) is 11.1 Å². The summed E-state index contributed by atoms with van der Waals surface area (Å²) in [5.74, 6) is -1.79. The molecule has 188 valence electrons. The zero-order chi connectivity index (χ0) is 26.8. The third kappa shape index (κ3) is 4.78. The standard InChI is InChI=1S/C32H25ClN2O2S/c1-20-12-14-23(15-13-20)30(37)28-26(21-16-18-24(33)19-17-21)27(29(36)22-8-4-2-5-9-22)31(34)35(32(28)38)25-10-6-3-7-11-25/h2-19,26,28,34,36H,1H3/b29-27+,34-31?/t26-,28-/m1/s1. The Morgan fingerprint density at radius 1 is 0.842 bits per heavy atom. The molecule has 0 unspecified atom stereocenters. The number of rotatable bonds is 5. The van der Waals surface area contributed by atoms with Crippen LogP contribution in [0.1, 0.15) is 33.0 Å². The Bertz CT molecular complexity index is 1530. The van der Waals surface area contributed by atoms with E-state index in [1.807, 2.05) is 79.7 Å². The van der Waals surface area contributed by atoms with Crippen LogP contribution in [-0.4, -0.2) is 21.7 Å². The lowest BCUT2D eigenvalue weighted by Gasteiger charge is -2.42. The molecule has 1 aliphatic heterocycles. The number of aliphatic hydroxyl groups is 1. The molecule has 1 heterocycles. The van der Waals surface area contributed by atoms with Crippen molar-refractivity contribution in [1.29, 1.82) is 5.41 Å². The maximum atomic E-state index is 14.2. The minimum absolute atomic E-state index is 0.0236. The Labute approximate surface area is 232 Å². The van der Waals surface area contributed by atoms with E-state index in [1.54, 1.807) is 41.3 Å². The minimum atomic E-state index is -0.857. The number of carbonyl (C=O) groups excluding carboxylic acids is 1. The van der Waals surface area contributed by atoms with Crippen LogP contribution < -0.4 is 4.90 Å². The molecule has 4 aromatic carbocycles. The van der Waals surface area contributed by atoms with Crippen molar-refractivity contribution in [2.24, 2.45) is 5.92 Å². The quantitative estimate of drug-likeness (QED) is 0.154. The van der Waals surface area contributed by atoms with Gasteiger partial charge in [-0.15, -0.1) is 0 Å². The number of piperidine rings is 1. The summed E-state index contributed by atoms with van der Waals surface area (Å²) in [4.78, 5) is 16.1. The monoisotopic (exact) mass is 536 g/mol. The Balaban J connectivity index is 1.79. The highest BCUT2D eigenvalue weighted by Crippen LogP contribution is 2.45. The van der Waals surface area contributed by atoms with E-state index in [1.165, 1.54) is 0 Å². The lowest BCUT2D eigenvalue weighted by Crippen LogP contribution is -2.51. The Morgan fingerprint density at radius 2 is 1.42 bits per heavy atom. The van der Waals surface area contributed by atoms with Crippen molar-refractivity contribution in [2.45, 2.75) is 12.8 Å². The molecule has 0 bridgehead atoms. The Kier molecular flexibility index (Phi) is 7.23. The van der Waals surface area contributed by atoms with Gasteiger partial charge in [0.25, 0.3) is 0 Å². The van der Waals surface area contributed by atoms with Crippen LogP contribution in [0.4, 0.5) is 5.69 Å². The number of benzene rings is 4. The first-order valence-electron chi connectivity index (χ1n) is 12.2. The third-order valence-corrected chi connectivity index (χ3v) is 7.46. The van der Waals surface area contributed by atoms with E-state index >= 15 is 0 Å². The van der Waals surface area contributed by atoms with Crippen LogP contribution in [0.15, 0.2) is 115 Å². The summed E-state index contributed by atoms with van der Waals surface area (Å²) in [5, 5.41) is 21.6. The number of hydrogen-bond acceptors (Lipinski definition) is 4. The number of aryl methyl sites for hydroxylation is 1. The van der Waals surface area contributed by atoms with Gasteiger partial charge in [-0.2, -0.15) is 0 Å². The fraction of sp³-hybridized carbons (Fsp3) is 0.0938. The topological polar surface area (TPSA) is 64.4 Å². The average Bonchev–Trinajstić information content (AvgIpc) is 2.94. The van der Waals surface area contributed by atoms with Gasteiger partial charge in [-0.1, -0.05) is 114 Å². The van der Waals surface area contributed by atoms with Crippen LogP contribution in [0.2, 0.25) is 5.02 Å². The predicted molar refractivity (Wildman–Crippen MR) is 158 cm³/mol. The molecule has 38 heavy (non-hydrogen) atoms. The van der Waals surface area contributed by atoms with Crippen LogP contribution in [0, 0.1) is 18.3 Å². The molecule has 4 nitrogen and oxygen atoms in total. The molecule has 0 amide bonds. The number of hydrogen-bond donors (Lipinski definition) is 2. The molecule has 1 aliphatic rings. The molecule has 6 heteroatoms. The lowest BCUT2D eigenvalue weighted by molar-refractivity contribution is 0.0946. The van der Waals surface area contributed by atoms with Crippen LogP contribution >= 0.6 is 23.8 Å². The molecule has 1 saturated heterocycles. The summed E-state index contributed by atoms with van der Waals surface area (Å²) in [7, 11) is 0. The van der Waals surface area contributed by atoms with Crippen molar-refractivity contribution in [3.63, 3.8) is 0 Å². The maximum absolute atomic E-state index is 14.2. The highest BCUT2D eigenvalue weighted by molar-refractivity contribution is 7.80. The molecule has 0 spiro atoms. The Morgan fingerprint density at radius 3 is 2.03 bits per heavy atom. The highest BCUT2D eigenvalue weighted by Gasteiger charge is 2.47. The van der Waals surface area contributed by atoms with Crippen molar-refractivity contribution in [2.75, 3.05) is 4.90 Å². The van der Waals surface area contributed by atoms with E-state index in [4.69, 9.17) is 23.8 Å². The predicted octanol–water partition coefficient (Wildman–Crippen LogP) is 8.03. The van der Waals surface area contributed by atoms with Gasteiger partial charge in [-0.3, -0.25) is 15.1 Å². The van der Waals surface area contributed by atoms with E-state index in [-0.39, 0.29) is 17.4 Å². The number of halogens is 1. The molecule has 4 aromatic rings. The fourth-order valence-corrected chi connectivity index (χ4v) is 5.43. The number of aliphatic hydroxyl groups excluding tert-OH is 1. The van der Waals surface area contributed by atoms with Gasteiger partial charge in [-0.25, -0.2) is 0 Å². The normalized spacial score (nSPS) is 18.8. The van der Waals surface area contributed by atoms with Gasteiger partial charge in [0.05, 0.1) is 5.92 Å². The number of para-hydroxylation sites is 1. The van der Waals surface area contributed by atoms with Gasteiger partial charge in [0, 0.05) is 33.3 Å². The number of ketones is 1. The summed E-state index contributed by atoms with van der Waals surface area (Å²) >= 11 is 12.2. The second kappa shape index (κ2) is 10.7. The zero-order valence-electron chi connectivity index (χ0n) is 20.6. The highest BCUT2D eigenvalue weighted by atomic mass is 35.5. The molecule has 5 rings (SSSR count). The lowest BCUT2D eigenvalue weighted by atomic mass is 9.72. The first-order valence-corrected chi connectivity index (χ1v) is 13.0. The van der Waals surface area contributed by atoms with E-state index in [0.29, 0.717) is 32.4 Å².